The summed E-state index contributed by atoms with van der Waals surface area (Å²) in [4.78, 5) is 14.7. The van der Waals surface area contributed by atoms with Crippen LogP contribution in [-0.4, -0.2) is 20.8 Å². The van der Waals surface area contributed by atoms with Crippen LogP contribution in [0.25, 0.3) is 11.3 Å². The molecule has 4 nitrogen and oxygen atoms in total. The van der Waals surface area contributed by atoms with Crippen LogP contribution in [0.2, 0.25) is 0 Å². The zero-order chi connectivity index (χ0) is 10.7. The molecular formula is C9H7IN3OP. The average Bonchev–Trinajstić information content (AvgIpc) is 2.73. The van der Waals surface area contributed by atoms with Gasteiger partial charge in [0.1, 0.15) is 5.69 Å². The van der Waals surface area contributed by atoms with E-state index in [1.807, 2.05) is 12.1 Å². The Bertz CT molecular complexity index is 471. The molecule has 76 valence electrons. The SMILES string of the molecule is O=Cc1cc(-c2ccncc2)nn1PI. The van der Waals surface area contributed by atoms with Crippen LogP contribution in [0.15, 0.2) is 30.6 Å². The number of carbonyl (C=O) groups is 1. The largest absolute Gasteiger partial charge is 0.296 e. The fourth-order valence-corrected chi connectivity index (χ4v) is 2.73. The van der Waals surface area contributed by atoms with Crippen molar-refractivity contribution in [3.05, 3.63) is 36.3 Å². The minimum absolute atomic E-state index is 0.430. The molecule has 0 aromatic carbocycles. The smallest absolute Gasteiger partial charge is 0.168 e. The number of nitrogens with zero attached hydrogens (tertiary/aromatic N) is 3. The highest BCUT2D eigenvalue weighted by molar-refractivity contribution is 14.2. The number of aromatic nitrogens is 3. The van der Waals surface area contributed by atoms with Gasteiger partial charge in [0.25, 0.3) is 0 Å². The molecule has 0 saturated heterocycles. The summed E-state index contributed by atoms with van der Waals surface area (Å²) in [6.07, 6.45) is 4.67. The fraction of sp³-hybridized carbons (Fsp3) is 0. The van der Waals surface area contributed by atoms with E-state index in [1.54, 1.807) is 22.9 Å². The fourth-order valence-electron chi connectivity index (χ4n) is 1.21. The van der Waals surface area contributed by atoms with Crippen molar-refractivity contribution in [3.63, 3.8) is 0 Å². The van der Waals surface area contributed by atoms with E-state index >= 15 is 0 Å². The van der Waals surface area contributed by atoms with E-state index in [9.17, 15) is 4.79 Å². The van der Waals surface area contributed by atoms with Gasteiger partial charge in [-0.05, 0) is 40.2 Å². The highest BCUT2D eigenvalue weighted by Crippen LogP contribution is 2.27. The average molecular weight is 331 g/mol. The van der Waals surface area contributed by atoms with Crippen LogP contribution in [-0.2, 0) is 0 Å². The molecular weight excluding hydrogens is 324 g/mol. The van der Waals surface area contributed by atoms with Crippen molar-refractivity contribution in [2.24, 2.45) is 0 Å². The van der Waals surface area contributed by atoms with Crippen LogP contribution in [0.1, 0.15) is 10.5 Å². The Hall–Kier alpha value is -0.810. The van der Waals surface area contributed by atoms with Gasteiger partial charge in [-0.25, -0.2) is 4.45 Å². The number of rotatable bonds is 3. The monoisotopic (exact) mass is 331 g/mol. The summed E-state index contributed by atoms with van der Waals surface area (Å²) in [6, 6.07) is 5.53. The van der Waals surface area contributed by atoms with E-state index in [0.29, 0.717) is 12.1 Å². The van der Waals surface area contributed by atoms with E-state index in [-0.39, 0.29) is 0 Å². The van der Waals surface area contributed by atoms with Crippen molar-refractivity contribution >= 4 is 34.7 Å². The van der Waals surface area contributed by atoms with Crippen molar-refractivity contribution in [1.29, 1.82) is 0 Å². The summed E-state index contributed by atoms with van der Waals surface area (Å²) in [6.45, 7) is 0. The molecule has 1 unspecified atom stereocenters. The Labute approximate surface area is 101 Å². The highest BCUT2D eigenvalue weighted by atomic mass is 127. The van der Waals surface area contributed by atoms with Crippen LogP contribution >= 0.6 is 28.4 Å². The Balaban J connectivity index is 2.46. The van der Waals surface area contributed by atoms with E-state index in [4.69, 9.17) is 0 Å². The summed E-state index contributed by atoms with van der Waals surface area (Å²) in [5.41, 5.74) is 2.39. The molecule has 0 spiro atoms. The van der Waals surface area contributed by atoms with E-state index in [2.05, 4.69) is 32.1 Å². The van der Waals surface area contributed by atoms with Crippen LogP contribution in [0.5, 0.6) is 0 Å². The lowest BCUT2D eigenvalue weighted by molar-refractivity contribution is 0.111. The lowest BCUT2D eigenvalue weighted by Crippen LogP contribution is -1.89. The molecule has 0 fully saturated rings. The van der Waals surface area contributed by atoms with Crippen molar-refractivity contribution in [2.75, 3.05) is 0 Å². The molecule has 15 heavy (non-hydrogen) atoms. The number of hydrogen-bond acceptors (Lipinski definition) is 3. The number of pyridine rings is 1. The number of hydrogen-bond donors (Lipinski definition) is 0. The normalized spacial score (nSPS) is 11.0. The molecule has 0 saturated carbocycles. The predicted molar refractivity (Wildman–Crippen MR) is 68.6 cm³/mol. The van der Waals surface area contributed by atoms with Crippen LogP contribution in [0.4, 0.5) is 0 Å². The van der Waals surface area contributed by atoms with Gasteiger partial charge in [0.05, 0.1) is 12.1 Å². The van der Waals surface area contributed by atoms with Crippen LogP contribution < -0.4 is 0 Å². The zero-order valence-electron chi connectivity index (χ0n) is 7.59. The van der Waals surface area contributed by atoms with Gasteiger partial charge in [-0.3, -0.25) is 9.78 Å². The molecule has 2 aromatic rings. The van der Waals surface area contributed by atoms with Crippen LogP contribution in [0, 0.1) is 0 Å². The molecule has 0 aliphatic rings. The maximum atomic E-state index is 10.8. The Kier molecular flexibility index (Phi) is 3.43. The molecule has 0 amide bonds. The summed E-state index contributed by atoms with van der Waals surface area (Å²) >= 11 is 2.19. The molecule has 0 N–H and O–H groups in total. The third kappa shape index (κ3) is 2.23. The molecule has 0 aliphatic carbocycles. The lowest BCUT2D eigenvalue weighted by atomic mass is 10.2. The predicted octanol–water partition coefficient (Wildman–Crippen LogP) is 2.55. The number of aldehydes is 1. The number of carbonyl (C=O) groups excluding carboxylic acids is 1. The van der Waals surface area contributed by atoms with Crippen molar-refractivity contribution in [2.45, 2.75) is 0 Å². The molecule has 1 atom stereocenters. The second-order valence-electron chi connectivity index (χ2n) is 2.80. The molecule has 0 aliphatic heterocycles. The third-order valence-electron chi connectivity index (χ3n) is 1.91. The molecule has 2 rings (SSSR count). The first-order chi connectivity index (χ1) is 7.35. The van der Waals surface area contributed by atoms with Gasteiger partial charge >= 0.3 is 0 Å². The molecule has 2 aromatic heterocycles. The molecule has 6 heteroatoms. The van der Waals surface area contributed by atoms with Crippen molar-refractivity contribution < 1.29 is 4.79 Å². The Morgan fingerprint density at radius 2 is 2.13 bits per heavy atom. The first-order valence-electron chi connectivity index (χ1n) is 4.17. The van der Waals surface area contributed by atoms with Gasteiger partial charge in [0.2, 0.25) is 0 Å². The standard InChI is InChI=1S/C9H7IN3OP/c10-15-13-8(6-14)5-9(12-13)7-1-3-11-4-2-7/h1-6,15H. The Morgan fingerprint density at radius 1 is 1.40 bits per heavy atom. The van der Waals surface area contributed by atoms with Gasteiger partial charge in [0.15, 0.2) is 6.29 Å². The van der Waals surface area contributed by atoms with Gasteiger partial charge in [-0.15, -0.1) is 0 Å². The van der Waals surface area contributed by atoms with Crippen molar-refractivity contribution in [3.8, 4) is 11.3 Å². The summed E-state index contributed by atoms with van der Waals surface area (Å²) in [5.74, 6) is 0. The minimum Gasteiger partial charge on any atom is -0.296 e. The quantitative estimate of drug-likeness (QED) is 0.493. The third-order valence-corrected chi connectivity index (χ3v) is 3.80. The van der Waals surface area contributed by atoms with Crippen LogP contribution in [0.3, 0.4) is 0 Å². The molecule has 2 heterocycles. The van der Waals surface area contributed by atoms with Gasteiger partial charge in [0, 0.05) is 18.0 Å². The maximum Gasteiger partial charge on any atom is 0.168 e. The van der Waals surface area contributed by atoms with Crippen molar-refractivity contribution in [1.82, 2.24) is 14.5 Å². The van der Waals surface area contributed by atoms with Gasteiger partial charge in [-0.2, -0.15) is 5.10 Å². The molecule has 0 bridgehead atoms. The minimum atomic E-state index is 0.430. The van der Waals surface area contributed by atoms with E-state index in [1.165, 1.54) is 0 Å². The lowest BCUT2D eigenvalue weighted by Gasteiger charge is -1.95. The second-order valence-corrected chi connectivity index (χ2v) is 4.84. The molecule has 0 radical (unpaired) electrons. The number of halogens is 1. The zero-order valence-corrected chi connectivity index (χ0v) is 10.7. The summed E-state index contributed by atoms with van der Waals surface area (Å²) in [7, 11) is 0. The second kappa shape index (κ2) is 4.81. The Morgan fingerprint density at radius 3 is 2.67 bits per heavy atom. The topological polar surface area (TPSA) is 47.8 Å². The van der Waals surface area contributed by atoms with Gasteiger partial charge in [-0.1, -0.05) is 0 Å². The summed E-state index contributed by atoms with van der Waals surface area (Å²) < 4.78 is 1.70. The maximum absolute atomic E-state index is 10.8. The highest BCUT2D eigenvalue weighted by Gasteiger charge is 2.07. The van der Waals surface area contributed by atoms with Gasteiger partial charge < -0.3 is 0 Å². The summed E-state index contributed by atoms with van der Waals surface area (Å²) in [5, 5.41) is 4.33. The van der Waals surface area contributed by atoms with E-state index in [0.717, 1.165) is 17.5 Å². The first kappa shape index (κ1) is 10.7. The first-order valence-corrected chi connectivity index (χ1v) is 8.23. The van der Waals surface area contributed by atoms with E-state index < -0.39 is 0 Å².